The summed E-state index contributed by atoms with van der Waals surface area (Å²) in [4.78, 5) is 11.7. The molecule has 2 aromatic rings. The zero-order valence-corrected chi connectivity index (χ0v) is 14.3. The van der Waals surface area contributed by atoms with E-state index in [1.54, 1.807) is 19.2 Å². The average Bonchev–Trinajstić information content (AvgIpc) is 2.52. The first-order chi connectivity index (χ1) is 10.9. The molecule has 0 aliphatic heterocycles. The molecule has 0 aliphatic carbocycles. The molecule has 3 nitrogen and oxygen atoms in total. The van der Waals surface area contributed by atoms with Gasteiger partial charge in [0.2, 0.25) is 0 Å². The summed E-state index contributed by atoms with van der Waals surface area (Å²) in [5.41, 5.74) is 2.87. The Bertz CT molecular complexity index is 678. The molecule has 2 aromatic carbocycles. The number of carbonyl (C=O) groups is 1. The molecule has 0 amide bonds. The molecule has 2 rings (SSSR count). The van der Waals surface area contributed by atoms with Crippen LogP contribution >= 0.6 is 11.6 Å². The van der Waals surface area contributed by atoms with Crippen molar-refractivity contribution >= 4 is 17.6 Å². The largest absolute Gasteiger partial charge is 0.495 e. The first-order valence-electron chi connectivity index (χ1n) is 7.57. The fourth-order valence-corrected chi connectivity index (χ4v) is 2.81. The van der Waals surface area contributed by atoms with Gasteiger partial charge in [0.15, 0.2) is 0 Å². The van der Waals surface area contributed by atoms with E-state index in [9.17, 15) is 9.90 Å². The van der Waals surface area contributed by atoms with Gasteiger partial charge in [-0.05, 0) is 41.2 Å². The van der Waals surface area contributed by atoms with Crippen molar-refractivity contribution in [3.05, 3.63) is 64.2 Å². The second kappa shape index (κ2) is 7.51. The van der Waals surface area contributed by atoms with Gasteiger partial charge in [0, 0.05) is 0 Å². The summed E-state index contributed by atoms with van der Waals surface area (Å²) in [5, 5.41) is 10.1. The van der Waals surface area contributed by atoms with Crippen LogP contribution in [0, 0.1) is 0 Å². The van der Waals surface area contributed by atoms with Gasteiger partial charge >= 0.3 is 5.97 Å². The van der Waals surface area contributed by atoms with Crippen molar-refractivity contribution in [1.29, 1.82) is 0 Å². The van der Waals surface area contributed by atoms with E-state index in [1.807, 2.05) is 30.3 Å². The summed E-state index contributed by atoms with van der Waals surface area (Å²) < 4.78 is 5.12. The molecule has 1 unspecified atom stereocenters. The minimum absolute atomic E-state index is 0.389. The van der Waals surface area contributed by atoms with E-state index >= 15 is 0 Å². The number of benzene rings is 2. The number of aliphatic carboxylic acids is 1. The van der Waals surface area contributed by atoms with Crippen LogP contribution in [-0.2, 0) is 11.2 Å². The number of rotatable bonds is 6. The topological polar surface area (TPSA) is 46.5 Å². The SMILES string of the molecule is COc1ccc(CC(C(=O)O)c2ccc(C(C)C)cc2)cc1Cl. The lowest BCUT2D eigenvalue weighted by Gasteiger charge is -2.15. The van der Waals surface area contributed by atoms with Crippen molar-refractivity contribution in [3.8, 4) is 5.75 Å². The van der Waals surface area contributed by atoms with E-state index in [-0.39, 0.29) is 0 Å². The fourth-order valence-electron chi connectivity index (χ4n) is 2.53. The van der Waals surface area contributed by atoms with Crippen molar-refractivity contribution in [2.45, 2.75) is 32.1 Å². The Balaban J connectivity index is 2.25. The summed E-state index contributed by atoms with van der Waals surface area (Å²) >= 11 is 6.12. The van der Waals surface area contributed by atoms with Gasteiger partial charge in [-0.3, -0.25) is 4.79 Å². The normalized spacial score (nSPS) is 12.2. The maximum absolute atomic E-state index is 11.7. The molecule has 0 heterocycles. The number of carboxylic acid groups (broad SMARTS) is 1. The van der Waals surface area contributed by atoms with Crippen LogP contribution < -0.4 is 4.74 Å². The van der Waals surface area contributed by atoms with Gasteiger partial charge < -0.3 is 9.84 Å². The van der Waals surface area contributed by atoms with Crippen molar-refractivity contribution in [2.75, 3.05) is 7.11 Å². The number of hydrogen-bond acceptors (Lipinski definition) is 2. The molecular formula is C19H21ClO3. The predicted molar refractivity (Wildman–Crippen MR) is 92.6 cm³/mol. The van der Waals surface area contributed by atoms with E-state index < -0.39 is 11.9 Å². The van der Waals surface area contributed by atoms with Crippen LogP contribution in [0.3, 0.4) is 0 Å². The van der Waals surface area contributed by atoms with Gasteiger partial charge in [0.25, 0.3) is 0 Å². The summed E-state index contributed by atoms with van der Waals surface area (Å²) in [7, 11) is 1.55. The molecule has 4 heteroatoms. The molecule has 0 aliphatic rings. The maximum atomic E-state index is 11.7. The Kier molecular flexibility index (Phi) is 5.67. The van der Waals surface area contributed by atoms with Crippen LogP contribution in [0.5, 0.6) is 5.75 Å². The highest BCUT2D eigenvalue weighted by molar-refractivity contribution is 6.32. The maximum Gasteiger partial charge on any atom is 0.311 e. The quantitative estimate of drug-likeness (QED) is 0.819. The zero-order valence-electron chi connectivity index (χ0n) is 13.5. The summed E-state index contributed by atoms with van der Waals surface area (Å²) in [6.07, 6.45) is 0.389. The Hall–Kier alpha value is -2.00. The van der Waals surface area contributed by atoms with Crippen molar-refractivity contribution < 1.29 is 14.6 Å². The van der Waals surface area contributed by atoms with E-state index in [2.05, 4.69) is 13.8 Å². The fraction of sp³-hybridized carbons (Fsp3) is 0.316. The predicted octanol–water partition coefficient (Wildman–Crippen LogP) is 4.88. The zero-order chi connectivity index (χ0) is 17.0. The molecule has 0 aromatic heterocycles. The minimum Gasteiger partial charge on any atom is -0.495 e. The Morgan fingerprint density at radius 2 is 1.74 bits per heavy atom. The summed E-state index contributed by atoms with van der Waals surface area (Å²) in [5.74, 6) is -0.425. The van der Waals surface area contributed by atoms with Gasteiger partial charge in [-0.1, -0.05) is 55.8 Å². The smallest absolute Gasteiger partial charge is 0.311 e. The third-order valence-electron chi connectivity index (χ3n) is 3.96. The molecule has 122 valence electrons. The van der Waals surface area contributed by atoms with Crippen LogP contribution in [0.25, 0.3) is 0 Å². The lowest BCUT2D eigenvalue weighted by Crippen LogP contribution is -2.14. The van der Waals surface area contributed by atoms with E-state index in [1.165, 1.54) is 5.56 Å². The van der Waals surface area contributed by atoms with Crippen LogP contribution in [-0.4, -0.2) is 18.2 Å². The van der Waals surface area contributed by atoms with Crippen LogP contribution in [0.15, 0.2) is 42.5 Å². The van der Waals surface area contributed by atoms with Crippen LogP contribution in [0.1, 0.15) is 42.4 Å². The molecule has 1 atom stereocenters. The molecule has 0 fully saturated rings. The van der Waals surface area contributed by atoms with Crippen molar-refractivity contribution in [2.24, 2.45) is 0 Å². The van der Waals surface area contributed by atoms with Crippen LogP contribution in [0.2, 0.25) is 5.02 Å². The number of hydrogen-bond donors (Lipinski definition) is 1. The Morgan fingerprint density at radius 3 is 2.22 bits per heavy atom. The van der Waals surface area contributed by atoms with Gasteiger partial charge in [-0.25, -0.2) is 0 Å². The lowest BCUT2D eigenvalue weighted by atomic mass is 9.90. The van der Waals surface area contributed by atoms with E-state index in [0.717, 1.165) is 11.1 Å². The van der Waals surface area contributed by atoms with Gasteiger partial charge in [-0.15, -0.1) is 0 Å². The van der Waals surface area contributed by atoms with Gasteiger partial charge in [0.1, 0.15) is 5.75 Å². The van der Waals surface area contributed by atoms with Crippen molar-refractivity contribution in [3.63, 3.8) is 0 Å². The molecule has 23 heavy (non-hydrogen) atoms. The van der Waals surface area contributed by atoms with E-state index in [4.69, 9.17) is 16.3 Å². The van der Waals surface area contributed by atoms with E-state index in [0.29, 0.717) is 23.1 Å². The van der Waals surface area contributed by atoms with Gasteiger partial charge in [0.05, 0.1) is 18.1 Å². The molecule has 0 saturated carbocycles. The highest BCUT2D eigenvalue weighted by Gasteiger charge is 2.21. The highest BCUT2D eigenvalue weighted by atomic mass is 35.5. The number of halogens is 1. The van der Waals surface area contributed by atoms with Crippen LogP contribution in [0.4, 0.5) is 0 Å². The molecular weight excluding hydrogens is 312 g/mol. The summed E-state index contributed by atoms with van der Waals surface area (Å²) in [6, 6.07) is 13.2. The number of methoxy groups -OCH3 is 1. The third kappa shape index (κ3) is 4.26. The molecule has 1 N–H and O–H groups in total. The number of carboxylic acids is 1. The standard InChI is InChI=1S/C19H21ClO3/c1-12(2)14-5-7-15(8-6-14)16(19(21)22)10-13-4-9-18(23-3)17(20)11-13/h4-9,11-12,16H,10H2,1-3H3,(H,21,22). The Labute approximate surface area is 141 Å². The molecule has 0 radical (unpaired) electrons. The first-order valence-corrected chi connectivity index (χ1v) is 7.95. The van der Waals surface area contributed by atoms with Gasteiger partial charge in [-0.2, -0.15) is 0 Å². The number of ether oxygens (including phenoxy) is 1. The average molecular weight is 333 g/mol. The molecule has 0 bridgehead atoms. The molecule has 0 saturated heterocycles. The summed E-state index contributed by atoms with van der Waals surface area (Å²) in [6.45, 7) is 4.23. The first kappa shape index (κ1) is 17.4. The Morgan fingerprint density at radius 1 is 1.13 bits per heavy atom. The minimum atomic E-state index is -0.839. The second-order valence-electron chi connectivity index (χ2n) is 5.89. The molecule has 0 spiro atoms. The lowest BCUT2D eigenvalue weighted by molar-refractivity contribution is -0.138. The highest BCUT2D eigenvalue weighted by Crippen LogP contribution is 2.29. The second-order valence-corrected chi connectivity index (χ2v) is 6.29. The monoisotopic (exact) mass is 332 g/mol. The van der Waals surface area contributed by atoms with Crippen molar-refractivity contribution in [1.82, 2.24) is 0 Å². The third-order valence-corrected chi connectivity index (χ3v) is 4.25.